The minimum absolute atomic E-state index is 0.0447. The van der Waals surface area contributed by atoms with Gasteiger partial charge < -0.3 is 20.3 Å². The Balaban J connectivity index is 1.22. The van der Waals surface area contributed by atoms with E-state index in [-0.39, 0.29) is 12.5 Å². The molecule has 2 heterocycles. The monoisotopic (exact) mass is 483 g/mol. The number of benzene rings is 3. The van der Waals surface area contributed by atoms with Crippen LogP contribution in [0.5, 0.6) is 5.75 Å². The van der Waals surface area contributed by atoms with Gasteiger partial charge in [-0.1, -0.05) is 47.6 Å². The summed E-state index contributed by atoms with van der Waals surface area (Å²) in [7, 11) is 0. The summed E-state index contributed by atoms with van der Waals surface area (Å²) >= 11 is 0. The predicted octanol–water partition coefficient (Wildman–Crippen LogP) is 2.30. The first kappa shape index (κ1) is 23.0. The van der Waals surface area contributed by atoms with Crippen LogP contribution in [-0.4, -0.2) is 63.1 Å². The van der Waals surface area contributed by atoms with E-state index in [9.17, 15) is 9.59 Å². The number of amides is 2. The number of nitrogens with two attached hydrogens (primary N) is 1. The molecule has 4 aromatic rings. The first-order valence-corrected chi connectivity index (χ1v) is 11.6. The van der Waals surface area contributed by atoms with E-state index in [4.69, 9.17) is 10.5 Å². The molecule has 36 heavy (non-hydrogen) atoms. The zero-order valence-corrected chi connectivity index (χ0v) is 19.5. The number of hydrogen-bond acceptors (Lipinski definition) is 7. The Morgan fingerprint density at radius 2 is 1.64 bits per heavy atom. The van der Waals surface area contributed by atoms with E-state index >= 15 is 0 Å². The number of para-hydroxylation sites is 2. The molecule has 0 aliphatic carbocycles. The lowest BCUT2D eigenvalue weighted by Crippen LogP contribution is -2.49. The maximum absolute atomic E-state index is 13.2. The summed E-state index contributed by atoms with van der Waals surface area (Å²) in [6.07, 6.45) is 0. The lowest BCUT2D eigenvalue weighted by molar-refractivity contribution is 0.0745. The van der Waals surface area contributed by atoms with Crippen molar-refractivity contribution in [3.8, 4) is 11.4 Å². The van der Waals surface area contributed by atoms with Crippen molar-refractivity contribution in [3.05, 3.63) is 95.6 Å². The van der Waals surface area contributed by atoms with Gasteiger partial charge in [0.15, 0.2) is 0 Å². The fourth-order valence-corrected chi connectivity index (χ4v) is 4.16. The van der Waals surface area contributed by atoms with Crippen LogP contribution in [-0.2, 0) is 6.61 Å². The highest BCUT2D eigenvalue weighted by Crippen LogP contribution is 2.21. The number of rotatable bonds is 7. The third kappa shape index (κ3) is 4.88. The van der Waals surface area contributed by atoms with Crippen molar-refractivity contribution < 1.29 is 14.3 Å². The molecule has 3 aromatic carbocycles. The number of carbonyl (C=O) groups is 2. The zero-order chi connectivity index (χ0) is 24.9. The van der Waals surface area contributed by atoms with E-state index in [0.717, 1.165) is 11.3 Å². The second-order valence-corrected chi connectivity index (χ2v) is 8.35. The van der Waals surface area contributed by atoms with Crippen molar-refractivity contribution in [3.63, 3.8) is 0 Å². The number of primary amides is 1. The van der Waals surface area contributed by atoms with Gasteiger partial charge in [-0.15, -0.1) is 0 Å². The topological polar surface area (TPSA) is 119 Å². The predicted molar refractivity (Wildman–Crippen MR) is 133 cm³/mol. The van der Waals surface area contributed by atoms with Crippen molar-refractivity contribution in [2.45, 2.75) is 6.61 Å². The molecule has 0 radical (unpaired) electrons. The second-order valence-electron chi connectivity index (χ2n) is 8.35. The molecule has 2 N–H and O–H groups in total. The molecule has 1 fully saturated rings. The third-order valence-electron chi connectivity index (χ3n) is 6.02. The SMILES string of the molecule is NC(=O)c1ccccc1OCc1cccc(C(=O)N2CCN(c3nnnn3-c3ccccc3)CC2)c1. The Labute approximate surface area is 207 Å². The number of carbonyl (C=O) groups excluding carboxylic acids is 2. The minimum atomic E-state index is -0.550. The second kappa shape index (κ2) is 10.3. The van der Waals surface area contributed by atoms with Crippen LogP contribution in [0.1, 0.15) is 26.3 Å². The Hall–Kier alpha value is -4.73. The molecule has 1 aliphatic heterocycles. The lowest BCUT2D eigenvalue weighted by atomic mass is 10.1. The molecule has 0 unspecified atom stereocenters. The molecular weight excluding hydrogens is 458 g/mol. The molecule has 1 aromatic heterocycles. The Morgan fingerprint density at radius 1 is 0.889 bits per heavy atom. The molecule has 5 rings (SSSR count). The summed E-state index contributed by atoms with van der Waals surface area (Å²) in [6.45, 7) is 2.54. The molecule has 0 spiro atoms. The van der Waals surface area contributed by atoms with Gasteiger partial charge in [-0.3, -0.25) is 9.59 Å². The average Bonchev–Trinajstić information content (AvgIpc) is 3.42. The zero-order valence-electron chi connectivity index (χ0n) is 19.5. The minimum Gasteiger partial charge on any atom is -0.488 e. The highest BCUT2D eigenvalue weighted by molar-refractivity contribution is 5.95. The van der Waals surface area contributed by atoms with Gasteiger partial charge in [0.2, 0.25) is 5.95 Å². The van der Waals surface area contributed by atoms with Gasteiger partial charge in [-0.25, -0.2) is 0 Å². The number of ether oxygens (including phenoxy) is 1. The summed E-state index contributed by atoms with van der Waals surface area (Å²) in [5.41, 5.74) is 8.03. The fourth-order valence-electron chi connectivity index (χ4n) is 4.16. The van der Waals surface area contributed by atoms with Gasteiger partial charge in [0.05, 0.1) is 11.3 Å². The van der Waals surface area contributed by atoms with Crippen LogP contribution in [0, 0.1) is 0 Å². The van der Waals surface area contributed by atoms with Crippen LogP contribution in [0.2, 0.25) is 0 Å². The van der Waals surface area contributed by atoms with Crippen molar-refractivity contribution >= 4 is 17.8 Å². The molecule has 182 valence electrons. The Bertz CT molecular complexity index is 1360. The molecule has 1 saturated heterocycles. The van der Waals surface area contributed by atoms with E-state index in [1.165, 1.54) is 0 Å². The summed E-state index contributed by atoms with van der Waals surface area (Å²) in [5, 5.41) is 12.2. The largest absolute Gasteiger partial charge is 0.488 e. The quantitative estimate of drug-likeness (QED) is 0.428. The van der Waals surface area contributed by atoms with Crippen LogP contribution in [0.15, 0.2) is 78.9 Å². The van der Waals surface area contributed by atoms with Crippen molar-refractivity contribution in [2.75, 3.05) is 31.1 Å². The van der Waals surface area contributed by atoms with Gasteiger partial charge >= 0.3 is 0 Å². The normalized spacial score (nSPS) is 13.4. The Morgan fingerprint density at radius 3 is 2.42 bits per heavy atom. The van der Waals surface area contributed by atoms with E-state index in [2.05, 4.69) is 20.4 Å². The summed E-state index contributed by atoms with van der Waals surface area (Å²) < 4.78 is 7.52. The van der Waals surface area contributed by atoms with E-state index in [0.29, 0.717) is 49.0 Å². The van der Waals surface area contributed by atoms with Gasteiger partial charge in [0.1, 0.15) is 12.4 Å². The lowest BCUT2D eigenvalue weighted by Gasteiger charge is -2.34. The Kier molecular flexibility index (Phi) is 6.57. The van der Waals surface area contributed by atoms with Crippen LogP contribution < -0.4 is 15.4 Å². The van der Waals surface area contributed by atoms with Crippen LogP contribution in [0.25, 0.3) is 5.69 Å². The van der Waals surface area contributed by atoms with Crippen molar-refractivity contribution in [1.82, 2.24) is 25.1 Å². The first-order valence-electron chi connectivity index (χ1n) is 11.6. The van der Waals surface area contributed by atoms with Crippen LogP contribution >= 0.6 is 0 Å². The highest BCUT2D eigenvalue weighted by atomic mass is 16.5. The third-order valence-corrected chi connectivity index (χ3v) is 6.02. The van der Waals surface area contributed by atoms with Crippen LogP contribution in [0.3, 0.4) is 0 Å². The van der Waals surface area contributed by atoms with Gasteiger partial charge in [-0.05, 0) is 52.4 Å². The van der Waals surface area contributed by atoms with E-state index < -0.39 is 5.91 Å². The highest BCUT2D eigenvalue weighted by Gasteiger charge is 2.25. The summed E-state index contributed by atoms with van der Waals surface area (Å²) in [4.78, 5) is 28.7. The standard InChI is InChI=1S/C26H25N7O3/c27-24(34)22-11-4-5-12-23(22)36-18-19-7-6-8-20(17-19)25(35)31-13-15-32(16-14-31)26-28-29-30-33(26)21-9-2-1-3-10-21/h1-12,17H,13-16,18H2,(H2,27,34). The maximum atomic E-state index is 13.2. The molecule has 0 bridgehead atoms. The van der Waals surface area contributed by atoms with Gasteiger partial charge in [0, 0.05) is 31.7 Å². The summed E-state index contributed by atoms with van der Waals surface area (Å²) in [5.74, 6) is 0.475. The van der Waals surface area contributed by atoms with E-state index in [1.54, 1.807) is 35.0 Å². The molecule has 10 heteroatoms. The molecule has 0 atom stereocenters. The molecule has 0 saturated carbocycles. The number of aromatic nitrogens is 4. The van der Waals surface area contributed by atoms with Crippen molar-refractivity contribution in [2.24, 2.45) is 5.73 Å². The van der Waals surface area contributed by atoms with E-state index in [1.807, 2.05) is 53.4 Å². The number of hydrogen-bond donors (Lipinski definition) is 1. The fraction of sp³-hybridized carbons (Fsp3) is 0.192. The van der Waals surface area contributed by atoms with Gasteiger partial charge in [0.25, 0.3) is 11.8 Å². The number of piperazine rings is 1. The smallest absolute Gasteiger partial charge is 0.253 e. The number of nitrogens with zero attached hydrogens (tertiary/aromatic N) is 6. The first-order chi connectivity index (χ1) is 17.6. The average molecular weight is 484 g/mol. The summed E-state index contributed by atoms with van der Waals surface area (Å²) in [6, 6.07) is 23.9. The molecular formula is C26H25N7O3. The molecule has 1 aliphatic rings. The number of tetrazole rings is 1. The van der Waals surface area contributed by atoms with Crippen molar-refractivity contribution in [1.29, 1.82) is 0 Å². The number of anilines is 1. The molecule has 10 nitrogen and oxygen atoms in total. The van der Waals surface area contributed by atoms with Crippen LogP contribution in [0.4, 0.5) is 5.95 Å². The molecule has 2 amide bonds. The van der Waals surface area contributed by atoms with Gasteiger partial charge in [-0.2, -0.15) is 4.68 Å². The maximum Gasteiger partial charge on any atom is 0.253 e.